The zero-order valence-electron chi connectivity index (χ0n) is 15.0. The highest BCUT2D eigenvalue weighted by atomic mass is 32.2. The van der Waals surface area contributed by atoms with Crippen LogP contribution in [-0.2, 0) is 14.6 Å². The lowest BCUT2D eigenvalue weighted by atomic mass is 9.96. The molecule has 0 atom stereocenters. The van der Waals surface area contributed by atoms with E-state index in [1.165, 1.54) is 50.5 Å². The third kappa shape index (κ3) is 7.46. The smallest absolute Gasteiger partial charge is 0.220 e. The summed E-state index contributed by atoms with van der Waals surface area (Å²) in [4.78, 5) is 12.3. The molecule has 1 N–H and O–H groups in total. The Bertz CT molecular complexity index is 632. The van der Waals surface area contributed by atoms with Crippen molar-refractivity contribution < 1.29 is 17.9 Å². The first kappa shape index (κ1) is 19.8. The molecule has 1 aliphatic rings. The topological polar surface area (TPSA) is 72.5 Å². The molecule has 140 valence electrons. The molecule has 1 aliphatic carbocycles. The van der Waals surface area contributed by atoms with Gasteiger partial charge in [0.05, 0.1) is 11.5 Å². The van der Waals surface area contributed by atoms with Gasteiger partial charge in [0.25, 0.3) is 0 Å². The second-order valence-electron chi connectivity index (χ2n) is 6.81. The summed E-state index contributed by atoms with van der Waals surface area (Å²) in [5, 5.41) is 3.15. The largest absolute Gasteiger partial charge is 0.494 e. The van der Waals surface area contributed by atoms with Crippen LogP contribution in [0.15, 0.2) is 29.2 Å². The maximum atomic E-state index is 12.0. The van der Waals surface area contributed by atoms with Gasteiger partial charge in [-0.3, -0.25) is 4.79 Å². The number of nitrogens with one attached hydrogen (secondary N) is 1. The zero-order valence-corrected chi connectivity index (χ0v) is 15.8. The fourth-order valence-electron chi connectivity index (χ4n) is 3.11. The van der Waals surface area contributed by atoms with Crippen LogP contribution < -0.4 is 10.1 Å². The maximum Gasteiger partial charge on any atom is 0.220 e. The van der Waals surface area contributed by atoms with Crippen molar-refractivity contribution in [2.24, 2.45) is 0 Å². The number of carbonyl (C=O) groups is 1. The van der Waals surface area contributed by atoms with Gasteiger partial charge >= 0.3 is 0 Å². The van der Waals surface area contributed by atoms with Crippen LogP contribution in [0.25, 0.3) is 0 Å². The van der Waals surface area contributed by atoms with E-state index in [4.69, 9.17) is 4.74 Å². The van der Waals surface area contributed by atoms with Crippen LogP contribution in [0.2, 0.25) is 0 Å². The molecule has 6 heteroatoms. The Hall–Kier alpha value is -1.56. The van der Waals surface area contributed by atoms with Gasteiger partial charge in [-0.25, -0.2) is 8.42 Å². The highest BCUT2D eigenvalue weighted by Gasteiger charge is 2.13. The standard InChI is InChI=1S/C19H29NO4S/c1-25(22,23)18-13-11-17(12-14-18)24-15-7-10-19(21)20-16-8-5-3-2-4-6-9-16/h11-14,16H,2-10,15H2,1H3,(H,20,21). The van der Waals surface area contributed by atoms with Crippen LogP contribution in [0, 0.1) is 0 Å². The van der Waals surface area contributed by atoms with Gasteiger partial charge in [-0.15, -0.1) is 0 Å². The van der Waals surface area contributed by atoms with Gasteiger partial charge in [0, 0.05) is 18.7 Å². The molecule has 5 nitrogen and oxygen atoms in total. The van der Waals surface area contributed by atoms with Crippen LogP contribution in [0.1, 0.15) is 57.8 Å². The zero-order chi connectivity index (χ0) is 18.1. The molecule has 1 fully saturated rings. The Balaban J connectivity index is 1.65. The Morgan fingerprint density at radius 3 is 2.28 bits per heavy atom. The molecule has 1 aromatic rings. The first-order valence-corrected chi connectivity index (χ1v) is 11.1. The van der Waals surface area contributed by atoms with Crippen molar-refractivity contribution in [3.63, 3.8) is 0 Å². The van der Waals surface area contributed by atoms with Gasteiger partial charge in [0.15, 0.2) is 9.84 Å². The molecule has 0 bridgehead atoms. The normalized spacial score (nSPS) is 16.7. The first-order chi connectivity index (χ1) is 11.9. The SMILES string of the molecule is CS(=O)(=O)c1ccc(OCCCC(=O)NC2CCCCCCC2)cc1. The van der Waals surface area contributed by atoms with Gasteiger partial charge in [-0.05, 0) is 43.5 Å². The Morgan fingerprint density at radius 1 is 1.08 bits per heavy atom. The summed E-state index contributed by atoms with van der Waals surface area (Å²) < 4.78 is 28.4. The van der Waals surface area contributed by atoms with Crippen molar-refractivity contribution in [1.29, 1.82) is 0 Å². The van der Waals surface area contributed by atoms with Crippen molar-refractivity contribution in [2.75, 3.05) is 12.9 Å². The van der Waals surface area contributed by atoms with E-state index in [9.17, 15) is 13.2 Å². The predicted molar refractivity (Wildman–Crippen MR) is 98.5 cm³/mol. The molecule has 1 aromatic carbocycles. The second kappa shape index (κ2) is 9.80. The Kier molecular flexibility index (Phi) is 7.75. The van der Waals surface area contributed by atoms with Gasteiger partial charge in [-0.1, -0.05) is 32.1 Å². The fourth-order valence-corrected chi connectivity index (χ4v) is 3.74. The number of sulfone groups is 1. The molecule has 0 saturated heterocycles. The lowest BCUT2D eigenvalue weighted by Crippen LogP contribution is -2.35. The molecular formula is C19H29NO4S. The summed E-state index contributed by atoms with van der Waals surface area (Å²) >= 11 is 0. The monoisotopic (exact) mass is 367 g/mol. The number of hydrogen-bond donors (Lipinski definition) is 1. The molecule has 1 amide bonds. The predicted octanol–water partition coefficient (Wildman–Crippen LogP) is 3.48. The van der Waals surface area contributed by atoms with Gasteiger partial charge in [0.2, 0.25) is 5.91 Å². The number of carbonyl (C=O) groups excluding carboxylic acids is 1. The van der Waals surface area contributed by atoms with Crippen LogP contribution in [0.5, 0.6) is 5.75 Å². The lowest BCUT2D eigenvalue weighted by Gasteiger charge is -2.21. The van der Waals surface area contributed by atoms with Crippen molar-refractivity contribution in [3.05, 3.63) is 24.3 Å². The molecule has 0 aliphatic heterocycles. The first-order valence-electron chi connectivity index (χ1n) is 9.17. The van der Waals surface area contributed by atoms with Crippen molar-refractivity contribution in [1.82, 2.24) is 5.32 Å². The summed E-state index contributed by atoms with van der Waals surface area (Å²) in [6.07, 6.45) is 10.8. The number of hydrogen-bond acceptors (Lipinski definition) is 4. The third-order valence-electron chi connectivity index (χ3n) is 4.54. The summed E-state index contributed by atoms with van der Waals surface area (Å²) in [5.74, 6) is 0.717. The Labute approximate surface area is 151 Å². The summed E-state index contributed by atoms with van der Waals surface area (Å²) in [5.41, 5.74) is 0. The molecule has 0 radical (unpaired) electrons. The maximum absolute atomic E-state index is 12.0. The minimum absolute atomic E-state index is 0.0987. The van der Waals surface area contributed by atoms with E-state index >= 15 is 0 Å². The summed E-state index contributed by atoms with van der Waals surface area (Å²) in [6, 6.07) is 6.69. The molecule has 0 unspecified atom stereocenters. The second-order valence-corrected chi connectivity index (χ2v) is 8.82. The van der Waals surface area contributed by atoms with E-state index in [0.29, 0.717) is 31.2 Å². The van der Waals surface area contributed by atoms with Gasteiger partial charge in [0.1, 0.15) is 5.75 Å². The minimum Gasteiger partial charge on any atom is -0.494 e. The van der Waals surface area contributed by atoms with E-state index in [2.05, 4.69) is 5.32 Å². The lowest BCUT2D eigenvalue weighted by molar-refractivity contribution is -0.122. The average molecular weight is 368 g/mol. The van der Waals surface area contributed by atoms with Crippen molar-refractivity contribution in [3.8, 4) is 5.75 Å². The van der Waals surface area contributed by atoms with Crippen LogP contribution >= 0.6 is 0 Å². The average Bonchev–Trinajstić information content (AvgIpc) is 2.54. The molecule has 0 heterocycles. The van der Waals surface area contributed by atoms with E-state index < -0.39 is 9.84 Å². The number of rotatable bonds is 7. The van der Waals surface area contributed by atoms with E-state index in [0.717, 1.165) is 12.8 Å². The third-order valence-corrected chi connectivity index (χ3v) is 5.67. The van der Waals surface area contributed by atoms with Gasteiger partial charge < -0.3 is 10.1 Å². The van der Waals surface area contributed by atoms with Crippen LogP contribution in [0.4, 0.5) is 0 Å². The molecule has 2 rings (SSSR count). The van der Waals surface area contributed by atoms with Crippen LogP contribution in [-0.4, -0.2) is 33.2 Å². The number of ether oxygens (including phenoxy) is 1. The van der Waals surface area contributed by atoms with E-state index in [-0.39, 0.29) is 10.8 Å². The van der Waals surface area contributed by atoms with E-state index in [1.54, 1.807) is 12.1 Å². The highest BCUT2D eigenvalue weighted by molar-refractivity contribution is 7.90. The number of benzene rings is 1. The fraction of sp³-hybridized carbons (Fsp3) is 0.632. The van der Waals surface area contributed by atoms with Crippen LogP contribution in [0.3, 0.4) is 0 Å². The van der Waals surface area contributed by atoms with E-state index in [1.807, 2.05) is 0 Å². The Morgan fingerprint density at radius 2 is 1.68 bits per heavy atom. The summed E-state index contributed by atoms with van der Waals surface area (Å²) in [7, 11) is -3.18. The quantitative estimate of drug-likeness (QED) is 0.749. The van der Waals surface area contributed by atoms with Gasteiger partial charge in [-0.2, -0.15) is 0 Å². The highest BCUT2D eigenvalue weighted by Crippen LogP contribution is 2.18. The van der Waals surface area contributed by atoms with Crippen molar-refractivity contribution in [2.45, 2.75) is 68.7 Å². The van der Waals surface area contributed by atoms with Crippen molar-refractivity contribution >= 4 is 15.7 Å². The number of amides is 1. The molecule has 0 aromatic heterocycles. The molecule has 25 heavy (non-hydrogen) atoms. The molecule has 0 spiro atoms. The molecule has 1 saturated carbocycles. The molecular weight excluding hydrogens is 338 g/mol. The minimum atomic E-state index is -3.18. The summed E-state index contributed by atoms with van der Waals surface area (Å²) in [6.45, 7) is 0.441.